The quantitative estimate of drug-likeness (QED) is 0.384. The van der Waals surface area contributed by atoms with Crippen LogP contribution in [-0.4, -0.2) is 38.1 Å². The third-order valence-corrected chi connectivity index (χ3v) is 8.19. The number of aromatic hydroxyl groups is 1. The Balaban J connectivity index is 1.56. The van der Waals surface area contributed by atoms with Gasteiger partial charge in [0.05, 0.1) is 29.2 Å². The van der Waals surface area contributed by atoms with Gasteiger partial charge in [-0.15, -0.1) is 0 Å². The Morgan fingerprint density at radius 3 is 2.68 bits per heavy atom. The molecule has 1 saturated carbocycles. The second-order valence-corrected chi connectivity index (χ2v) is 10.7. The van der Waals surface area contributed by atoms with Crippen molar-refractivity contribution < 1.29 is 13.5 Å². The maximum Gasteiger partial charge on any atom is 0.236 e. The summed E-state index contributed by atoms with van der Waals surface area (Å²) in [4.78, 5) is 4.00. The van der Waals surface area contributed by atoms with E-state index in [9.17, 15) is 13.5 Å². The van der Waals surface area contributed by atoms with Gasteiger partial charge < -0.3 is 9.67 Å². The third-order valence-electron chi connectivity index (χ3n) is 6.33. The Kier molecular flexibility index (Phi) is 4.63. The van der Waals surface area contributed by atoms with E-state index in [0.29, 0.717) is 30.6 Å². The van der Waals surface area contributed by atoms with Crippen LogP contribution >= 0.6 is 0 Å². The van der Waals surface area contributed by atoms with Gasteiger partial charge in [0, 0.05) is 35.8 Å². The van der Waals surface area contributed by atoms with Crippen molar-refractivity contribution in [3.8, 4) is 17.0 Å². The minimum absolute atomic E-state index is 0.0453. The molecule has 9 heteroatoms. The largest absolute Gasteiger partial charge is 0.492 e. The van der Waals surface area contributed by atoms with Gasteiger partial charge in [-0.05, 0) is 42.2 Å². The van der Waals surface area contributed by atoms with Crippen molar-refractivity contribution in [3.05, 3.63) is 72.7 Å². The SMILES string of the molecule is Cn1cc(-c2cc(NS(=O)(=O)C3CC3)c3cnn(Cc4ccccc4)c3c2)c2ccnc(O)c21. The summed E-state index contributed by atoms with van der Waals surface area (Å²) in [7, 11) is -1.62. The second kappa shape index (κ2) is 7.59. The molecule has 0 radical (unpaired) electrons. The molecule has 3 aromatic heterocycles. The first kappa shape index (κ1) is 20.7. The number of rotatable bonds is 6. The van der Waals surface area contributed by atoms with E-state index < -0.39 is 10.0 Å². The number of aryl methyl sites for hydroxylation is 1. The van der Waals surface area contributed by atoms with Gasteiger partial charge in [-0.3, -0.25) is 9.40 Å². The van der Waals surface area contributed by atoms with Gasteiger partial charge in [0.15, 0.2) is 0 Å². The molecule has 8 nitrogen and oxygen atoms in total. The molecule has 0 atom stereocenters. The predicted molar refractivity (Wildman–Crippen MR) is 132 cm³/mol. The van der Waals surface area contributed by atoms with Gasteiger partial charge in [-0.1, -0.05) is 30.3 Å². The first-order valence-electron chi connectivity index (χ1n) is 11.1. The van der Waals surface area contributed by atoms with Crippen LogP contribution in [0.1, 0.15) is 18.4 Å². The van der Waals surface area contributed by atoms with E-state index in [0.717, 1.165) is 33.0 Å². The van der Waals surface area contributed by atoms with E-state index in [-0.39, 0.29) is 11.1 Å². The van der Waals surface area contributed by atoms with E-state index in [1.807, 2.05) is 71.0 Å². The normalized spacial score (nSPS) is 14.1. The first-order chi connectivity index (χ1) is 16.4. The smallest absolute Gasteiger partial charge is 0.236 e. The number of sulfonamides is 1. The maximum absolute atomic E-state index is 12.8. The summed E-state index contributed by atoms with van der Waals surface area (Å²) in [6.45, 7) is 0.558. The molecule has 2 aromatic carbocycles. The van der Waals surface area contributed by atoms with Crippen molar-refractivity contribution in [2.24, 2.45) is 7.05 Å². The third kappa shape index (κ3) is 3.49. The first-order valence-corrected chi connectivity index (χ1v) is 12.6. The van der Waals surface area contributed by atoms with Gasteiger partial charge >= 0.3 is 0 Å². The fourth-order valence-electron chi connectivity index (χ4n) is 4.48. The van der Waals surface area contributed by atoms with Gasteiger partial charge in [0.1, 0.15) is 5.52 Å². The Hall–Kier alpha value is -3.85. The molecule has 0 bridgehead atoms. The Morgan fingerprint density at radius 1 is 1.12 bits per heavy atom. The lowest BCUT2D eigenvalue weighted by Crippen LogP contribution is -2.17. The highest BCUT2D eigenvalue weighted by atomic mass is 32.2. The number of anilines is 1. The molecule has 1 aliphatic rings. The Morgan fingerprint density at radius 2 is 1.91 bits per heavy atom. The highest BCUT2D eigenvalue weighted by Crippen LogP contribution is 2.39. The van der Waals surface area contributed by atoms with Crippen LogP contribution in [0.4, 0.5) is 5.69 Å². The van der Waals surface area contributed by atoms with Crippen LogP contribution in [0.2, 0.25) is 0 Å². The van der Waals surface area contributed by atoms with Crippen LogP contribution in [0.15, 0.2) is 67.1 Å². The van der Waals surface area contributed by atoms with Crippen molar-refractivity contribution in [1.82, 2.24) is 19.3 Å². The monoisotopic (exact) mass is 473 g/mol. The molecule has 0 saturated heterocycles. The van der Waals surface area contributed by atoms with Gasteiger partial charge in [-0.2, -0.15) is 5.10 Å². The minimum Gasteiger partial charge on any atom is -0.492 e. The summed E-state index contributed by atoms with van der Waals surface area (Å²) in [6, 6.07) is 15.7. The molecule has 0 amide bonds. The molecule has 0 unspecified atom stereocenters. The van der Waals surface area contributed by atoms with Gasteiger partial charge in [0.25, 0.3) is 0 Å². The minimum atomic E-state index is -3.47. The average Bonchev–Trinajstić information content (AvgIpc) is 3.53. The number of benzene rings is 2. The standard InChI is InChI=1S/C25H23N5O3S/c1-29-15-21(19-9-10-26-25(31)24(19)29)17-11-22(28-34(32,33)18-7-8-18)20-13-27-30(23(20)12-17)14-16-5-3-2-4-6-16/h2-6,9-13,15,18,28H,7-8,14H2,1H3,(H,26,31). The van der Waals surface area contributed by atoms with E-state index >= 15 is 0 Å². The number of nitrogens with zero attached hydrogens (tertiary/aromatic N) is 4. The summed E-state index contributed by atoms with van der Waals surface area (Å²) in [6.07, 6.45) is 6.56. The summed E-state index contributed by atoms with van der Waals surface area (Å²) >= 11 is 0. The van der Waals surface area contributed by atoms with E-state index in [1.165, 1.54) is 0 Å². The highest BCUT2D eigenvalue weighted by Gasteiger charge is 2.36. The van der Waals surface area contributed by atoms with E-state index in [2.05, 4.69) is 14.8 Å². The molecule has 0 aliphatic heterocycles. The zero-order valence-electron chi connectivity index (χ0n) is 18.5. The summed E-state index contributed by atoms with van der Waals surface area (Å²) < 4.78 is 32.2. The molecule has 1 aliphatic carbocycles. The molecular weight excluding hydrogens is 450 g/mol. The molecule has 2 N–H and O–H groups in total. The molecule has 1 fully saturated rings. The van der Waals surface area contributed by atoms with Crippen LogP contribution in [0.3, 0.4) is 0 Å². The van der Waals surface area contributed by atoms with Crippen LogP contribution in [0.5, 0.6) is 5.88 Å². The average molecular weight is 474 g/mol. The molecular formula is C25H23N5O3S. The van der Waals surface area contributed by atoms with Crippen molar-refractivity contribution in [2.75, 3.05) is 4.72 Å². The zero-order chi connectivity index (χ0) is 23.4. The Labute approximate surface area is 196 Å². The lowest BCUT2D eigenvalue weighted by atomic mass is 10.0. The number of pyridine rings is 1. The molecule has 5 aromatic rings. The fraction of sp³-hybridized carbons (Fsp3) is 0.200. The predicted octanol–water partition coefficient (Wildman–Crippen LogP) is 4.25. The van der Waals surface area contributed by atoms with Crippen LogP contribution in [0, 0.1) is 0 Å². The maximum atomic E-state index is 12.8. The molecule has 0 spiro atoms. The number of hydrogen-bond acceptors (Lipinski definition) is 5. The van der Waals surface area contributed by atoms with Gasteiger partial charge in [0.2, 0.25) is 15.9 Å². The van der Waals surface area contributed by atoms with Crippen molar-refractivity contribution in [3.63, 3.8) is 0 Å². The lowest BCUT2D eigenvalue weighted by molar-refractivity contribution is 0.457. The van der Waals surface area contributed by atoms with Crippen LogP contribution in [0.25, 0.3) is 32.9 Å². The van der Waals surface area contributed by atoms with Crippen molar-refractivity contribution >= 4 is 37.5 Å². The number of aromatic nitrogens is 4. The number of hydrogen-bond donors (Lipinski definition) is 2. The van der Waals surface area contributed by atoms with Crippen LogP contribution < -0.4 is 4.72 Å². The molecule has 6 rings (SSSR count). The Bertz CT molecular complexity index is 1650. The molecule has 34 heavy (non-hydrogen) atoms. The zero-order valence-corrected chi connectivity index (χ0v) is 19.3. The fourth-order valence-corrected chi connectivity index (χ4v) is 5.88. The molecule has 3 heterocycles. The van der Waals surface area contributed by atoms with Crippen molar-refractivity contribution in [2.45, 2.75) is 24.6 Å². The van der Waals surface area contributed by atoms with Crippen LogP contribution in [-0.2, 0) is 23.6 Å². The highest BCUT2D eigenvalue weighted by molar-refractivity contribution is 7.93. The summed E-state index contributed by atoms with van der Waals surface area (Å²) in [5.74, 6) is -0.0453. The van der Waals surface area contributed by atoms with Gasteiger partial charge in [-0.25, -0.2) is 13.4 Å². The summed E-state index contributed by atoms with van der Waals surface area (Å²) in [5, 5.41) is 16.1. The summed E-state index contributed by atoms with van der Waals surface area (Å²) in [5.41, 5.74) is 4.75. The number of nitrogens with one attached hydrogen (secondary N) is 1. The topological polar surface area (TPSA) is 102 Å². The lowest BCUT2D eigenvalue weighted by Gasteiger charge is -2.12. The van der Waals surface area contributed by atoms with E-state index in [1.54, 1.807) is 12.4 Å². The second-order valence-electron chi connectivity index (χ2n) is 8.78. The number of fused-ring (bicyclic) bond motifs is 2. The molecule has 172 valence electrons. The van der Waals surface area contributed by atoms with E-state index in [4.69, 9.17) is 0 Å². The van der Waals surface area contributed by atoms with Crippen molar-refractivity contribution in [1.29, 1.82) is 0 Å².